The molecule has 0 spiro atoms. The van der Waals surface area contributed by atoms with E-state index in [1.807, 2.05) is 11.8 Å². The van der Waals surface area contributed by atoms with Crippen molar-refractivity contribution in [1.29, 1.82) is 0 Å². The summed E-state index contributed by atoms with van der Waals surface area (Å²) in [6.07, 6.45) is 4.10. The van der Waals surface area contributed by atoms with Gasteiger partial charge in [-0.2, -0.15) is 83.2 Å². The quantitative estimate of drug-likeness (QED) is 0.124. The van der Waals surface area contributed by atoms with E-state index in [2.05, 4.69) is 99.1 Å². The Hall–Kier alpha value is 2.45. The molecule has 0 aliphatic carbocycles. The molecule has 0 amide bonds. The summed E-state index contributed by atoms with van der Waals surface area (Å²) in [6, 6.07) is 0. The molecule has 0 aliphatic rings. The maximum atomic E-state index is 4.27. The minimum absolute atomic E-state index is 0.448. The Labute approximate surface area is 202 Å². The highest BCUT2D eigenvalue weighted by molar-refractivity contribution is 8.05. The van der Waals surface area contributed by atoms with Crippen LogP contribution in [0.15, 0.2) is 0 Å². The minimum Gasteiger partial charge on any atom is -0.179 e. The molecule has 164 valence electrons. The third-order valence-corrected chi connectivity index (χ3v) is 11.6. The molecule has 0 aromatic rings. The largest absolute Gasteiger partial charge is 0.179 e. The van der Waals surface area contributed by atoms with E-state index >= 15 is 0 Å². The third-order valence-electron chi connectivity index (χ3n) is 3.65. The summed E-state index contributed by atoms with van der Waals surface area (Å²) in [5.41, 5.74) is 0. The number of hydrogen-bond acceptors (Lipinski definition) is 7. The molecule has 7 heteroatoms. The van der Waals surface area contributed by atoms with Gasteiger partial charge in [0, 0.05) is 45.0 Å². The van der Waals surface area contributed by atoms with Gasteiger partial charge in [0.1, 0.15) is 0 Å². The maximum Gasteiger partial charge on any atom is 0.0104 e. The van der Waals surface area contributed by atoms with Crippen molar-refractivity contribution in [2.24, 2.45) is 0 Å². The monoisotopic (exact) mass is 506 g/mol. The summed E-state index contributed by atoms with van der Waals surface area (Å²) in [7, 11) is 0. The van der Waals surface area contributed by atoms with Crippen molar-refractivity contribution in [2.75, 3.05) is 63.3 Å². The van der Waals surface area contributed by atoms with Crippen molar-refractivity contribution in [3.63, 3.8) is 0 Å². The van der Waals surface area contributed by atoms with Crippen LogP contribution in [-0.4, -0.2) is 73.3 Å². The fraction of sp³-hybridized carbons (Fsp3) is 1.00. The van der Waals surface area contributed by atoms with Crippen molar-refractivity contribution in [3.05, 3.63) is 0 Å². The second-order valence-corrected chi connectivity index (χ2v) is 16.0. The molecule has 0 nitrogen and oxygen atoms in total. The van der Waals surface area contributed by atoms with Crippen molar-refractivity contribution < 1.29 is 0 Å². The van der Waals surface area contributed by atoms with Crippen molar-refractivity contribution in [2.45, 2.75) is 57.0 Å². The lowest BCUT2D eigenvalue weighted by Gasteiger charge is -2.24. The van der Waals surface area contributed by atoms with Gasteiger partial charge in [-0.15, -0.1) is 0 Å². The van der Waals surface area contributed by atoms with Crippen LogP contribution in [0.4, 0.5) is 0 Å². The van der Waals surface area contributed by atoms with Crippen LogP contribution in [0.2, 0.25) is 0 Å². The van der Waals surface area contributed by atoms with Gasteiger partial charge in [0.2, 0.25) is 0 Å². The molecular weight excluding hydrogens is 465 g/mol. The Morgan fingerprint density at radius 2 is 1.19 bits per heavy atom. The second kappa shape index (κ2) is 21.7. The maximum absolute atomic E-state index is 4.27. The van der Waals surface area contributed by atoms with Gasteiger partial charge in [-0.05, 0) is 47.5 Å². The van der Waals surface area contributed by atoms with Crippen molar-refractivity contribution >= 4 is 83.2 Å². The summed E-state index contributed by atoms with van der Waals surface area (Å²) < 4.78 is 0.448. The van der Waals surface area contributed by atoms with Crippen LogP contribution in [0.25, 0.3) is 0 Å². The van der Waals surface area contributed by atoms with Crippen LogP contribution < -0.4 is 0 Å². The van der Waals surface area contributed by atoms with Gasteiger partial charge in [-0.3, -0.25) is 0 Å². The standard InChI is InChI=1S/C20H42S7/c1-19(2)26-17-15-25-14-13-23-11-6-10-22-9-5-7-20(3,4)27-18-16-24-12-8-21/h19,21H,5-18H2,1-4H3. The topological polar surface area (TPSA) is 0 Å². The molecule has 0 unspecified atom stereocenters. The fourth-order valence-electron chi connectivity index (χ4n) is 2.25. The summed E-state index contributed by atoms with van der Waals surface area (Å²) >= 11 is 17.0. The van der Waals surface area contributed by atoms with E-state index in [0.717, 1.165) is 11.0 Å². The lowest BCUT2D eigenvalue weighted by molar-refractivity contribution is 0.630. The summed E-state index contributed by atoms with van der Waals surface area (Å²) in [6.45, 7) is 9.41. The van der Waals surface area contributed by atoms with Crippen LogP contribution in [0.1, 0.15) is 47.0 Å². The van der Waals surface area contributed by atoms with Crippen molar-refractivity contribution in [1.82, 2.24) is 0 Å². The molecular formula is C20H42S7. The first-order valence-electron chi connectivity index (χ1n) is 10.2. The predicted octanol–water partition coefficient (Wildman–Crippen LogP) is 7.67. The first-order chi connectivity index (χ1) is 13.0. The molecule has 0 aromatic carbocycles. The predicted molar refractivity (Wildman–Crippen MR) is 151 cm³/mol. The molecule has 0 aromatic heterocycles. The normalized spacial score (nSPS) is 12.2. The highest BCUT2D eigenvalue weighted by Gasteiger charge is 2.17. The van der Waals surface area contributed by atoms with Gasteiger partial charge >= 0.3 is 0 Å². The molecule has 0 bridgehead atoms. The van der Waals surface area contributed by atoms with E-state index in [1.54, 1.807) is 0 Å². The first kappa shape index (κ1) is 29.5. The number of rotatable bonds is 21. The van der Waals surface area contributed by atoms with E-state index < -0.39 is 0 Å². The van der Waals surface area contributed by atoms with E-state index in [9.17, 15) is 0 Å². The van der Waals surface area contributed by atoms with Crippen LogP contribution in [0, 0.1) is 0 Å². The summed E-state index contributed by atoms with van der Waals surface area (Å²) in [5.74, 6) is 14.1. The molecule has 0 heterocycles. The summed E-state index contributed by atoms with van der Waals surface area (Å²) in [5, 5.41) is 0.787. The Kier molecular flexibility index (Phi) is 23.6. The summed E-state index contributed by atoms with van der Waals surface area (Å²) in [4.78, 5) is 0. The van der Waals surface area contributed by atoms with Crippen LogP contribution in [0.3, 0.4) is 0 Å². The second-order valence-electron chi connectivity index (χ2n) is 7.16. The lowest BCUT2D eigenvalue weighted by Crippen LogP contribution is -2.16. The molecule has 0 fully saturated rings. The highest BCUT2D eigenvalue weighted by Crippen LogP contribution is 2.30. The van der Waals surface area contributed by atoms with Gasteiger partial charge in [0.05, 0.1) is 0 Å². The zero-order valence-corrected chi connectivity index (χ0v) is 23.7. The van der Waals surface area contributed by atoms with E-state index in [1.165, 1.54) is 76.8 Å². The molecule has 0 saturated carbocycles. The van der Waals surface area contributed by atoms with Crippen LogP contribution in [0.5, 0.6) is 0 Å². The number of thiol groups is 1. The number of thioether (sulfide) groups is 6. The molecule has 27 heavy (non-hydrogen) atoms. The van der Waals surface area contributed by atoms with Gasteiger partial charge in [-0.25, -0.2) is 0 Å². The Bertz CT molecular complexity index is 298. The minimum atomic E-state index is 0.448. The number of hydrogen-bond donors (Lipinski definition) is 1. The van der Waals surface area contributed by atoms with E-state index in [0.29, 0.717) is 4.75 Å². The SMILES string of the molecule is CC(C)SCCSCCSCCCSCCCC(C)(C)SCCSCCS. The average molecular weight is 507 g/mol. The Morgan fingerprint density at radius 3 is 1.85 bits per heavy atom. The molecule has 0 aliphatic heterocycles. The van der Waals surface area contributed by atoms with Gasteiger partial charge in [0.25, 0.3) is 0 Å². The van der Waals surface area contributed by atoms with E-state index in [4.69, 9.17) is 0 Å². The van der Waals surface area contributed by atoms with Crippen LogP contribution >= 0.6 is 83.2 Å². The third kappa shape index (κ3) is 24.6. The van der Waals surface area contributed by atoms with Gasteiger partial charge in [0.15, 0.2) is 0 Å². The van der Waals surface area contributed by atoms with Gasteiger partial charge < -0.3 is 0 Å². The Balaban J connectivity index is 3.25. The van der Waals surface area contributed by atoms with Gasteiger partial charge in [-0.1, -0.05) is 27.7 Å². The van der Waals surface area contributed by atoms with Crippen LogP contribution in [-0.2, 0) is 0 Å². The van der Waals surface area contributed by atoms with E-state index in [-0.39, 0.29) is 0 Å². The lowest BCUT2D eigenvalue weighted by atomic mass is 10.1. The highest BCUT2D eigenvalue weighted by atomic mass is 32.2. The zero-order chi connectivity index (χ0) is 20.2. The Morgan fingerprint density at radius 1 is 0.667 bits per heavy atom. The smallest absolute Gasteiger partial charge is 0.0104 e. The fourth-order valence-corrected chi connectivity index (χ4v) is 8.72. The molecule has 0 radical (unpaired) electrons. The average Bonchev–Trinajstić information content (AvgIpc) is 2.61. The molecule has 0 saturated heterocycles. The van der Waals surface area contributed by atoms with Crippen molar-refractivity contribution in [3.8, 4) is 0 Å². The molecule has 0 N–H and O–H groups in total. The molecule has 0 atom stereocenters. The zero-order valence-electron chi connectivity index (χ0n) is 17.9. The first-order valence-corrected chi connectivity index (χ1v) is 17.4. The molecule has 0 rings (SSSR count).